The molecule has 2 N–H and O–H groups in total. The van der Waals surface area contributed by atoms with Crippen molar-refractivity contribution in [3.05, 3.63) is 53.2 Å². The summed E-state index contributed by atoms with van der Waals surface area (Å²) < 4.78 is 43.8. The standard InChI is InChI=1S/C13H13F3N2O/c1-8(17)11-7-18-12(19-11)6-9-4-2-3-5-10(9)13(14,15)16/h2-5,7-8H,6,17H2,1H3. The number of hydrogen-bond donors (Lipinski definition) is 1. The molecule has 6 heteroatoms. The quantitative estimate of drug-likeness (QED) is 0.931. The smallest absolute Gasteiger partial charge is 0.416 e. The van der Waals surface area contributed by atoms with Gasteiger partial charge < -0.3 is 10.2 Å². The molecule has 3 nitrogen and oxygen atoms in total. The Morgan fingerprint density at radius 3 is 2.58 bits per heavy atom. The van der Waals surface area contributed by atoms with Crippen LogP contribution in [0.15, 0.2) is 34.9 Å². The van der Waals surface area contributed by atoms with Crippen LogP contribution < -0.4 is 5.73 Å². The molecule has 0 aliphatic carbocycles. The summed E-state index contributed by atoms with van der Waals surface area (Å²) in [6.07, 6.45) is -2.95. The molecule has 0 saturated carbocycles. The highest BCUT2D eigenvalue weighted by atomic mass is 19.4. The Bertz CT molecular complexity index is 561. The van der Waals surface area contributed by atoms with Crippen LogP contribution in [0.2, 0.25) is 0 Å². The van der Waals surface area contributed by atoms with Crippen LogP contribution in [0.25, 0.3) is 0 Å². The minimum absolute atomic E-state index is 0.0115. The van der Waals surface area contributed by atoms with Crippen LogP contribution >= 0.6 is 0 Å². The molecule has 19 heavy (non-hydrogen) atoms. The zero-order valence-electron chi connectivity index (χ0n) is 10.2. The lowest BCUT2D eigenvalue weighted by atomic mass is 10.0. The van der Waals surface area contributed by atoms with Crippen LogP contribution in [0.4, 0.5) is 13.2 Å². The van der Waals surface area contributed by atoms with Crippen molar-refractivity contribution in [2.45, 2.75) is 25.6 Å². The lowest BCUT2D eigenvalue weighted by molar-refractivity contribution is -0.138. The molecule has 2 aromatic rings. The monoisotopic (exact) mass is 270 g/mol. The normalized spacial score (nSPS) is 13.5. The maximum atomic E-state index is 12.8. The molecule has 1 atom stereocenters. The molecule has 0 radical (unpaired) electrons. The van der Waals surface area contributed by atoms with E-state index in [1.807, 2.05) is 0 Å². The molecular weight excluding hydrogens is 257 g/mol. The first-order valence-corrected chi connectivity index (χ1v) is 5.73. The minimum Gasteiger partial charge on any atom is -0.444 e. The van der Waals surface area contributed by atoms with E-state index in [0.29, 0.717) is 5.76 Å². The molecule has 0 aliphatic heterocycles. The van der Waals surface area contributed by atoms with E-state index in [9.17, 15) is 13.2 Å². The molecule has 0 saturated heterocycles. The van der Waals surface area contributed by atoms with E-state index in [-0.39, 0.29) is 23.9 Å². The molecule has 2 rings (SSSR count). The Morgan fingerprint density at radius 1 is 1.32 bits per heavy atom. The van der Waals surface area contributed by atoms with Crippen molar-refractivity contribution >= 4 is 0 Å². The Balaban J connectivity index is 2.28. The highest BCUT2D eigenvalue weighted by Gasteiger charge is 2.33. The van der Waals surface area contributed by atoms with Crippen molar-refractivity contribution in [1.29, 1.82) is 0 Å². The van der Waals surface area contributed by atoms with E-state index in [2.05, 4.69) is 4.98 Å². The fourth-order valence-corrected chi connectivity index (χ4v) is 1.73. The Kier molecular flexibility index (Phi) is 3.61. The van der Waals surface area contributed by atoms with Crippen LogP contribution in [-0.2, 0) is 12.6 Å². The number of nitrogens with zero attached hydrogens (tertiary/aromatic N) is 1. The summed E-state index contributed by atoms with van der Waals surface area (Å²) in [6, 6.07) is 5.04. The van der Waals surface area contributed by atoms with Crippen molar-refractivity contribution in [3.63, 3.8) is 0 Å². The van der Waals surface area contributed by atoms with Crippen molar-refractivity contribution in [2.75, 3.05) is 0 Å². The van der Waals surface area contributed by atoms with Gasteiger partial charge in [0.05, 0.1) is 17.8 Å². The van der Waals surface area contributed by atoms with Crippen LogP contribution in [0.5, 0.6) is 0 Å². The van der Waals surface area contributed by atoms with Gasteiger partial charge in [0.2, 0.25) is 0 Å². The average molecular weight is 270 g/mol. The lowest BCUT2D eigenvalue weighted by Gasteiger charge is -2.11. The van der Waals surface area contributed by atoms with Crippen LogP contribution in [0.1, 0.15) is 35.7 Å². The Morgan fingerprint density at radius 2 is 2.00 bits per heavy atom. The van der Waals surface area contributed by atoms with Gasteiger partial charge in [-0.3, -0.25) is 0 Å². The highest BCUT2D eigenvalue weighted by Crippen LogP contribution is 2.32. The van der Waals surface area contributed by atoms with Gasteiger partial charge in [-0.2, -0.15) is 13.2 Å². The van der Waals surface area contributed by atoms with E-state index in [0.717, 1.165) is 6.07 Å². The van der Waals surface area contributed by atoms with Gasteiger partial charge in [0.1, 0.15) is 5.76 Å². The second-order valence-electron chi connectivity index (χ2n) is 4.28. The maximum absolute atomic E-state index is 12.8. The van der Waals surface area contributed by atoms with Gasteiger partial charge in [0.25, 0.3) is 0 Å². The fourth-order valence-electron chi connectivity index (χ4n) is 1.73. The minimum atomic E-state index is -4.38. The summed E-state index contributed by atoms with van der Waals surface area (Å²) in [5, 5.41) is 0. The van der Waals surface area contributed by atoms with Gasteiger partial charge in [0.15, 0.2) is 5.89 Å². The van der Waals surface area contributed by atoms with Crippen LogP contribution in [0.3, 0.4) is 0 Å². The first kappa shape index (κ1) is 13.6. The molecule has 0 bridgehead atoms. The molecule has 0 fully saturated rings. The van der Waals surface area contributed by atoms with Crippen molar-refractivity contribution < 1.29 is 17.6 Å². The molecule has 1 unspecified atom stereocenters. The van der Waals surface area contributed by atoms with Gasteiger partial charge in [0, 0.05) is 6.42 Å². The molecule has 0 amide bonds. The van der Waals surface area contributed by atoms with Gasteiger partial charge in [-0.25, -0.2) is 4.98 Å². The highest BCUT2D eigenvalue weighted by molar-refractivity contribution is 5.31. The van der Waals surface area contributed by atoms with E-state index in [1.165, 1.54) is 18.3 Å². The molecule has 1 heterocycles. The maximum Gasteiger partial charge on any atom is 0.416 e. The van der Waals surface area contributed by atoms with Crippen LogP contribution in [-0.4, -0.2) is 4.98 Å². The van der Waals surface area contributed by atoms with E-state index in [4.69, 9.17) is 10.2 Å². The molecule has 102 valence electrons. The fraction of sp³-hybridized carbons (Fsp3) is 0.308. The molecule has 1 aromatic carbocycles. The van der Waals surface area contributed by atoms with Gasteiger partial charge in [-0.15, -0.1) is 0 Å². The van der Waals surface area contributed by atoms with Gasteiger partial charge in [-0.1, -0.05) is 18.2 Å². The number of aromatic nitrogens is 1. The zero-order valence-corrected chi connectivity index (χ0v) is 10.2. The first-order valence-electron chi connectivity index (χ1n) is 5.73. The van der Waals surface area contributed by atoms with E-state index in [1.54, 1.807) is 13.0 Å². The van der Waals surface area contributed by atoms with Crippen molar-refractivity contribution in [3.8, 4) is 0 Å². The summed E-state index contributed by atoms with van der Waals surface area (Å²) in [7, 11) is 0. The molecule has 1 aromatic heterocycles. The summed E-state index contributed by atoms with van der Waals surface area (Å²) in [5.74, 6) is 0.684. The topological polar surface area (TPSA) is 52.0 Å². The summed E-state index contributed by atoms with van der Waals surface area (Å²) in [4.78, 5) is 3.94. The average Bonchev–Trinajstić information content (AvgIpc) is 2.77. The number of hydrogen-bond acceptors (Lipinski definition) is 3. The second kappa shape index (κ2) is 5.05. The Hall–Kier alpha value is -1.82. The number of benzene rings is 1. The third-order valence-electron chi connectivity index (χ3n) is 2.68. The number of nitrogens with two attached hydrogens (primary N) is 1. The predicted octanol–water partition coefficient (Wildman–Crippen LogP) is 3.30. The first-order chi connectivity index (χ1) is 8.88. The second-order valence-corrected chi connectivity index (χ2v) is 4.28. The molecular formula is C13H13F3N2O. The number of rotatable bonds is 3. The lowest BCUT2D eigenvalue weighted by Crippen LogP contribution is -2.09. The zero-order chi connectivity index (χ0) is 14.0. The SMILES string of the molecule is CC(N)c1cnc(Cc2ccccc2C(F)(F)F)o1. The third kappa shape index (κ3) is 3.14. The van der Waals surface area contributed by atoms with Gasteiger partial charge in [-0.05, 0) is 18.6 Å². The number of oxazole rings is 1. The predicted molar refractivity (Wildman–Crippen MR) is 63.4 cm³/mol. The van der Waals surface area contributed by atoms with E-state index < -0.39 is 11.7 Å². The van der Waals surface area contributed by atoms with Crippen molar-refractivity contribution in [2.24, 2.45) is 5.73 Å². The van der Waals surface area contributed by atoms with Gasteiger partial charge >= 0.3 is 6.18 Å². The number of halogens is 3. The number of alkyl halides is 3. The molecule has 0 spiro atoms. The summed E-state index contributed by atoms with van der Waals surface area (Å²) >= 11 is 0. The van der Waals surface area contributed by atoms with Crippen molar-refractivity contribution in [1.82, 2.24) is 4.98 Å². The molecule has 0 aliphatic rings. The van der Waals surface area contributed by atoms with Crippen LogP contribution in [0, 0.1) is 0 Å². The summed E-state index contributed by atoms with van der Waals surface area (Å²) in [5.41, 5.74) is 5.07. The largest absolute Gasteiger partial charge is 0.444 e. The van der Waals surface area contributed by atoms with E-state index >= 15 is 0 Å². The summed E-state index contributed by atoms with van der Waals surface area (Å²) in [6.45, 7) is 1.72. The Labute approximate surface area is 108 Å². The third-order valence-corrected chi connectivity index (χ3v) is 2.68.